The summed E-state index contributed by atoms with van der Waals surface area (Å²) in [6, 6.07) is 16.7. The van der Waals surface area contributed by atoms with Crippen molar-refractivity contribution in [3.63, 3.8) is 0 Å². The number of hydrogen-bond acceptors (Lipinski definition) is 2. The van der Waals surface area contributed by atoms with E-state index in [1.165, 1.54) is 22.4 Å². The van der Waals surface area contributed by atoms with Gasteiger partial charge in [0.25, 0.3) is 0 Å². The van der Waals surface area contributed by atoms with Crippen LogP contribution in [0.2, 0.25) is 5.02 Å². The molecule has 0 aromatic heterocycles. The molecule has 3 heteroatoms. The number of benzene rings is 2. The van der Waals surface area contributed by atoms with E-state index in [2.05, 4.69) is 35.6 Å². The van der Waals surface area contributed by atoms with Crippen LogP contribution in [0.25, 0.3) is 0 Å². The SMILES string of the molecule is Clc1cccc(CNCC2Cc3ccccc3S2)c1. The predicted octanol–water partition coefficient (Wildman–Crippen LogP) is 4.15. The Morgan fingerprint density at radius 1 is 1.16 bits per heavy atom. The molecule has 0 spiro atoms. The van der Waals surface area contributed by atoms with Gasteiger partial charge in [0.2, 0.25) is 0 Å². The van der Waals surface area contributed by atoms with Crippen LogP contribution < -0.4 is 5.32 Å². The Kier molecular flexibility index (Phi) is 4.12. The maximum absolute atomic E-state index is 5.98. The van der Waals surface area contributed by atoms with Crippen LogP contribution in [0.1, 0.15) is 11.1 Å². The van der Waals surface area contributed by atoms with E-state index >= 15 is 0 Å². The molecule has 1 heterocycles. The fourth-order valence-electron chi connectivity index (χ4n) is 2.39. The lowest BCUT2D eigenvalue weighted by atomic mass is 10.1. The minimum absolute atomic E-state index is 0.650. The Morgan fingerprint density at radius 3 is 2.89 bits per heavy atom. The topological polar surface area (TPSA) is 12.0 Å². The van der Waals surface area contributed by atoms with Crippen molar-refractivity contribution in [2.75, 3.05) is 6.54 Å². The van der Waals surface area contributed by atoms with Crippen LogP contribution in [0.5, 0.6) is 0 Å². The average molecular weight is 290 g/mol. The highest BCUT2D eigenvalue weighted by Gasteiger charge is 2.20. The molecule has 0 saturated heterocycles. The van der Waals surface area contributed by atoms with Gasteiger partial charge in [-0.2, -0.15) is 0 Å². The van der Waals surface area contributed by atoms with Gasteiger partial charge in [0, 0.05) is 28.3 Å². The summed E-state index contributed by atoms with van der Waals surface area (Å²) in [5, 5.41) is 4.98. The Bertz CT molecular complexity index is 545. The molecule has 0 fully saturated rings. The van der Waals surface area contributed by atoms with Crippen molar-refractivity contribution in [2.45, 2.75) is 23.1 Å². The van der Waals surface area contributed by atoms with Gasteiger partial charge in [0.05, 0.1) is 0 Å². The van der Waals surface area contributed by atoms with E-state index < -0.39 is 0 Å². The first-order valence-electron chi connectivity index (χ1n) is 6.51. The molecule has 0 bridgehead atoms. The van der Waals surface area contributed by atoms with E-state index in [9.17, 15) is 0 Å². The summed E-state index contributed by atoms with van der Waals surface area (Å²) in [6.45, 7) is 1.92. The van der Waals surface area contributed by atoms with Crippen LogP contribution in [0.3, 0.4) is 0 Å². The number of thioether (sulfide) groups is 1. The molecule has 2 aromatic carbocycles. The summed E-state index contributed by atoms with van der Waals surface area (Å²) in [6.07, 6.45) is 1.17. The largest absolute Gasteiger partial charge is 0.312 e. The lowest BCUT2D eigenvalue weighted by Crippen LogP contribution is -2.23. The van der Waals surface area contributed by atoms with E-state index in [1.54, 1.807) is 0 Å². The second-order valence-corrected chi connectivity index (χ2v) is 6.59. The van der Waals surface area contributed by atoms with Crippen molar-refractivity contribution in [1.29, 1.82) is 0 Å². The van der Waals surface area contributed by atoms with Gasteiger partial charge in [-0.05, 0) is 35.7 Å². The third-order valence-electron chi connectivity index (χ3n) is 3.30. The van der Waals surface area contributed by atoms with Crippen LogP contribution in [-0.4, -0.2) is 11.8 Å². The highest BCUT2D eigenvalue weighted by molar-refractivity contribution is 8.00. The van der Waals surface area contributed by atoms with Gasteiger partial charge in [-0.3, -0.25) is 0 Å². The third kappa shape index (κ3) is 3.33. The molecule has 0 radical (unpaired) electrons. The summed E-state index contributed by atoms with van der Waals surface area (Å²) >= 11 is 7.97. The summed E-state index contributed by atoms with van der Waals surface area (Å²) in [7, 11) is 0. The molecule has 1 atom stereocenters. The second-order valence-electron chi connectivity index (χ2n) is 4.81. The molecule has 2 aromatic rings. The molecular weight excluding hydrogens is 274 g/mol. The lowest BCUT2D eigenvalue weighted by molar-refractivity contribution is 0.665. The number of rotatable bonds is 4. The van der Waals surface area contributed by atoms with Gasteiger partial charge >= 0.3 is 0 Å². The zero-order valence-electron chi connectivity index (χ0n) is 10.6. The van der Waals surface area contributed by atoms with Crippen molar-refractivity contribution < 1.29 is 0 Å². The molecule has 1 N–H and O–H groups in total. The van der Waals surface area contributed by atoms with Gasteiger partial charge in [-0.1, -0.05) is 41.9 Å². The van der Waals surface area contributed by atoms with Gasteiger partial charge in [0.1, 0.15) is 0 Å². The number of hydrogen-bond donors (Lipinski definition) is 1. The van der Waals surface area contributed by atoms with Crippen LogP contribution in [0.4, 0.5) is 0 Å². The van der Waals surface area contributed by atoms with Crippen molar-refractivity contribution in [3.8, 4) is 0 Å². The monoisotopic (exact) mass is 289 g/mol. The summed E-state index contributed by atoms with van der Waals surface area (Å²) < 4.78 is 0. The molecule has 1 nitrogen and oxygen atoms in total. The van der Waals surface area contributed by atoms with Gasteiger partial charge in [-0.15, -0.1) is 11.8 Å². The van der Waals surface area contributed by atoms with Crippen molar-refractivity contribution in [2.24, 2.45) is 0 Å². The highest BCUT2D eigenvalue weighted by atomic mass is 35.5. The molecule has 0 aliphatic carbocycles. The molecule has 19 heavy (non-hydrogen) atoms. The lowest BCUT2D eigenvalue weighted by Gasteiger charge is -2.10. The van der Waals surface area contributed by atoms with E-state index in [1.807, 2.05) is 30.0 Å². The Labute approximate surface area is 123 Å². The fourth-order valence-corrected chi connectivity index (χ4v) is 3.89. The summed E-state index contributed by atoms with van der Waals surface area (Å²) in [5.74, 6) is 0. The number of halogens is 1. The number of nitrogens with one attached hydrogen (secondary N) is 1. The third-order valence-corrected chi connectivity index (χ3v) is 4.86. The minimum atomic E-state index is 0.650. The fraction of sp³-hybridized carbons (Fsp3) is 0.250. The Hall–Kier alpha value is -0.960. The first-order chi connectivity index (χ1) is 9.31. The van der Waals surface area contributed by atoms with E-state index in [-0.39, 0.29) is 0 Å². The van der Waals surface area contributed by atoms with Crippen LogP contribution >= 0.6 is 23.4 Å². The highest BCUT2D eigenvalue weighted by Crippen LogP contribution is 2.36. The molecular formula is C16H16ClNS. The van der Waals surface area contributed by atoms with E-state index in [0.717, 1.165) is 18.1 Å². The summed E-state index contributed by atoms with van der Waals surface area (Å²) in [4.78, 5) is 1.44. The maximum Gasteiger partial charge on any atom is 0.0409 e. The van der Waals surface area contributed by atoms with E-state index in [4.69, 9.17) is 11.6 Å². The smallest absolute Gasteiger partial charge is 0.0409 e. The van der Waals surface area contributed by atoms with Gasteiger partial charge in [0.15, 0.2) is 0 Å². The normalized spacial score (nSPS) is 17.4. The van der Waals surface area contributed by atoms with Gasteiger partial charge < -0.3 is 5.32 Å². The first-order valence-corrected chi connectivity index (χ1v) is 7.77. The molecule has 1 aliphatic heterocycles. The molecule has 0 saturated carbocycles. The molecule has 1 aliphatic rings. The van der Waals surface area contributed by atoms with Crippen molar-refractivity contribution >= 4 is 23.4 Å². The predicted molar refractivity (Wildman–Crippen MR) is 82.9 cm³/mol. The van der Waals surface area contributed by atoms with E-state index in [0.29, 0.717) is 5.25 Å². The summed E-state index contributed by atoms with van der Waals surface area (Å²) in [5.41, 5.74) is 2.73. The molecule has 1 unspecified atom stereocenters. The van der Waals surface area contributed by atoms with Crippen LogP contribution in [-0.2, 0) is 13.0 Å². The zero-order valence-corrected chi connectivity index (χ0v) is 12.2. The quantitative estimate of drug-likeness (QED) is 0.907. The van der Waals surface area contributed by atoms with Crippen molar-refractivity contribution in [1.82, 2.24) is 5.32 Å². The maximum atomic E-state index is 5.98. The standard InChI is InChI=1S/C16H16ClNS/c17-14-6-3-4-12(8-14)10-18-11-15-9-13-5-1-2-7-16(13)19-15/h1-8,15,18H,9-11H2. The molecule has 0 amide bonds. The zero-order chi connectivity index (χ0) is 13.1. The van der Waals surface area contributed by atoms with Crippen molar-refractivity contribution in [3.05, 3.63) is 64.7 Å². The Morgan fingerprint density at radius 2 is 2.05 bits per heavy atom. The van der Waals surface area contributed by atoms with Crippen LogP contribution in [0.15, 0.2) is 53.4 Å². The molecule has 3 rings (SSSR count). The van der Waals surface area contributed by atoms with Crippen LogP contribution in [0, 0.1) is 0 Å². The first kappa shape index (κ1) is 13.0. The minimum Gasteiger partial charge on any atom is -0.312 e. The number of fused-ring (bicyclic) bond motifs is 1. The second kappa shape index (κ2) is 6.00. The average Bonchev–Trinajstić information content (AvgIpc) is 2.81. The van der Waals surface area contributed by atoms with Gasteiger partial charge in [-0.25, -0.2) is 0 Å². The Balaban J connectivity index is 1.50. The molecule has 98 valence electrons.